The zero-order valence-electron chi connectivity index (χ0n) is 3.78. The molecule has 0 aromatic rings. The van der Waals surface area contributed by atoms with Crippen LogP contribution >= 0.6 is 0 Å². The molecule has 7 heavy (non-hydrogen) atoms. The van der Waals surface area contributed by atoms with Crippen molar-refractivity contribution in [3.63, 3.8) is 0 Å². The fraction of sp³-hybridized carbons (Fsp3) is 0.500. The average Bonchev–Trinajstić information content (AvgIpc) is 1.61. The zero-order valence-corrected chi connectivity index (χ0v) is 3.78. The van der Waals surface area contributed by atoms with Crippen LogP contribution in [0.15, 0.2) is 12.8 Å². The molecule has 2 nitrogen and oxygen atoms in total. The quantitative estimate of drug-likeness (QED) is 0.349. The van der Waals surface area contributed by atoms with Crippen LogP contribution in [0.4, 0.5) is 0 Å². The Morgan fingerprint density at radius 3 is 2.43 bits per heavy atom. The van der Waals surface area contributed by atoms with Gasteiger partial charge in [-0.25, -0.2) is 0 Å². The maximum absolute atomic E-state index is 5.10. The number of rotatable bonds is 3. The monoisotopic (exact) mass is 94.1 g/mol. The Kier molecular flexibility index (Phi) is 13.7. The number of hydrogen-bond acceptors (Lipinski definition) is 2. The molecule has 0 spiro atoms. The fourth-order valence-corrected chi connectivity index (χ4v) is 0.185. The Balaban J connectivity index is 0. The molecule has 0 bridgehead atoms. The van der Waals surface area contributed by atoms with Gasteiger partial charge in [-0.2, -0.15) is 0 Å². The van der Waals surface area contributed by atoms with Gasteiger partial charge in [0.05, 0.1) is 0 Å². The molecule has 0 saturated carbocycles. The third-order valence-corrected chi connectivity index (χ3v) is 0.433. The summed E-state index contributed by atoms with van der Waals surface area (Å²) in [6.45, 7) is 4.93. The molecule has 0 aromatic carbocycles. The second-order valence-electron chi connectivity index (χ2n) is 0.947. The van der Waals surface area contributed by atoms with Gasteiger partial charge < -0.3 is 11.1 Å². The molecule has 0 aromatic heterocycles. The van der Waals surface area contributed by atoms with E-state index in [0.717, 1.165) is 6.54 Å². The van der Waals surface area contributed by atoms with Crippen LogP contribution in [-0.4, -0.2) is 32.0 Å². The Labute approximate surface area is 56.3 Å². The van der Waals surface area contributed by atoms with Crippen molar-refractivity contribution < 1.29 is 0 Å². The van der Waals surface area contributed by atoms with Crippen molar-refractivity contribution >= 4 is 18.9 Å². The first-order valence-electron chi connectivity index (χ1n) is 1.96. The Bertz CT molecular complexity index is 38.7. The Morgan fingerprint density at radius 1 is 1.71 bits per heavy atom. The average molecular weight is 94.1 g/mol. The van der Waals surface area contributed by atoms with Crippen LogP contribution in [0.1, 0.15) is 0 Å². The van der Waals surface area contributed by atoms with E-state index in [0.29, 0.717) is 6.54 Å². The van der Waals surface area contributed by atoms with Crippen LogP contribution in [0.3, 0.4) is 0 Å². The van der Waals surface area contributed by atoms with Crippen molar-refractivity contribution in [3.05, 3.63) is 12.8 Å². The summed E-state index contributed by atoms with van der Waals surface area (Å²) in [4.78, 5) is 0. The van der Waals surface area contributed by atoms with E-state index in [1.165, 1.54) is 0 Å². The van der Waals surface area contributed by atoms with E-state index >= 15 is 0 Å². The second kappa shape index (κ2) is 9.44. The molecule has 3 heteroatoms. The van der Waals surface area contributed by atoms with E-state index < -0.39 is 0 Å². The van der Waals surface area contributed by atoms with Crippen molar-refractivity contribution in [1.29, 1.82) is 0 Å². The second-order valence-corrected chi connectivity index (χ2v) is 0.947. The van der Waals surface area contributed by atoms with Crippen LogP contribution in [0.5, 0.6) is 0 Å². The predicted octanol–water partition coefficient (Wildman–Crippen LogP) is -0.970. The molecule has 3 N–H and O–H groups in total. The Morgan fingerprint density at radius 2 is 2.29 bits per heavy atom. The molecule has 0 atom stereocenters. The maximum atomic E-state index is 5.10. The minimum atomic E-state index is 0. The molecule has 38 valence electrons. The summed E-state index contributed by atoms with van der Waals surface area (Å²) in [6, 6.07) is 0. The first-order valence-corrected chi connectivity index (χ1v) is 1.96. The summed E-state index contributed by atoms with van der Waals surface area (Å²) < 4.78 is 0. The predicted molar refractivity (Wildman–Crippen MR) is 34.4 cm³/mol. The van der Waals surface area contributed by atoms with Crippen LogP contribution in [0, 0.1) is 0 Å². The topological polar surface area (TPSA) is 38.0 Å². The van der Waals surface area contributed by atoms with E-state index in [-0.39, 0.29) is 18.9 Å². The number of nitrogens with one attached hydrogen (secondary N) is 1. The molecule has 0 radical (unpaired) electrons. The summed E-state index contributed by atoms with van der Waals surface area (Å²) in [5, 5.41) is 2.84. The van der Waals surface area contributed by atoms with Gasteiger partial charge in [-0.15, -0.1) is 0 Å². The molecule has 0 unspecified atom stereocenters. The minimum absolute atomic E-state index is 0. The van der Waals surface area contributed by atoms with Crippen molar-refractivity contribution in [3.8, 4) is 0 Å². The van der Waals surface area contributed by atoms with Gasteiger partial charge in [0.15, 0.2) is 0 Å². The third-order valence-electron chi connectivity index (χ3n) is 0.433. The van der Waals surface area contributed by atoms with Crippen LogP contribution in [-0.2, 0) is 0 Å². The van der Waals surface area contributed by atoms with E-state index in [1.807, 2.05) is 0 Å². The molecular weight excluding hydrogens is 83.0 g/mol. The van der Waals surface area contributed by atoms with E-state index in [9.17, 15) is 0 Å². The fourth-order valence-electron chi connectivity index (χ4n) is 0.185. The summed E-state index contributed by atoms with van der Waals surface area (Å²) in [7, 11) is 0. The third kappa shape index (κ3) is 10.7. The van der Waals surface area contributed by atoms with Gasteiger partial charge in [-0.1, -0.05) is 6.58 Å². The molecule has 0 aliphatic heterocycles. The van der Waals surface area contributed by atoms with Crippen molar-refractivity contribution in [2.24, 2.45) is 5.73 Å². The number of hydrogen-bond donors (Lipinski definition) is 2. The Hall–Kier alpha value is 0.0974. The van der Waals surface area contributed by atoms with Crippen LogP contribution < -0.4 is 11.1 Å². The molecule has 0 rings (SSSR count). The van der Waals surface area contributed by atoms with Gasteiger partial charge >= 0.3 is 18.9 Å². The SMILES string of the molecule is C=CNCCN.[LiH]. The van der Waals surface area contributed by atoms with Gasteiger partial charge in [0.25, 0.3) is 0 Å². The normalized spacial score (nSPS) is 6.43. The van der Waals surface area contributed by atoms with E-state index in [4.69, 9.17) is 5.73 Å². The van der Waals surface area contributed by atoms with Gasteiger partial charge in [0, 0.05) is 13.1 Å². The molecule has 0 heterocycles. The first kappa shape index (κ1) is 10.2. The summed E-state index contributed by atoms with van der Waals surface area (Å²) in [5.41, 5.74) is 5.10. The molecule has 0 fully saturated rings. The summed E-state index contributed by atoms with van der Waals surface area (Å²) in [5.74, 6) is 0. The summed E-state index contributed by atoms with van der Waals surface area (Å²) in [6.07, 6.45) is 1.63. The molecule has 0 aliphatic carbocycles. The van der Waals surface area contributed by atoms with Crippen LogP contribution in [0.25, 0.3) is 0 Å². The van der Waals surface area contributed by atoms with Gasteiger partial charge in [-0.3, -0.25) is 0 Å². The van der Waals surface area contributed by atoms with Gasteiger partial charge in [-0.05, 0) is 6.20 Å². The molecule has 0 amide bonds. The van der Waals surface area contributed by atoms with Crippen molar-refractivity contribution in [1.82, 2.24) is 5.32 Å². The first-order chi connectivity index (χ1) is 2.91. The zero-order chi connectivity index (χ0) is 4.83. The van der Waals surface area contributed by atoms with Gasteiger partial charge in [0.1, 0.15) is 0 Å². The van der Waals surface area contributed by atoms with Crippen LogP contribution in [0.2, 0.25) is 0 Å². The molecule has 0 aliphatic rings. The molecular formula is C4H11LiN2. The standard InChI is InChI=1S/C4H10N2.Li.H/c1-2-6-4-3-5;;/h2,6H,1,3-5H2;;. The summed E-state index contributed by atoms with van der Waals surface area (Å²) >= 11 is 0. The molecule has 0 saturated heterocycles. The van der Waals surface area contributed by atoms with E-state index in [1.54, 1.807) is 6.20 Å². The van der Waals surface area contributed by atoms with Gasteiger partial charge in [0.2, 0.25) is 0 Å². The number of nitrogens with two attached hydrogens (primary N) is 1. The van der Waals surface area contributed by atoms with Crippen molar-refractivity contribution in [2.45, 2.75) is 0 Å². The van der Waals surface area contributed by atoms with E-state index in [2.05, 4.69) is 11.9 Å². The van der Waals surface area contributed by atoms with Crippen molar-refractivity contribution in [2.75, 3.05) is 13.1 Å².